The number of phenolic OH excluding ortho intramolecular Hbond substituents is 1. The Labute approximate surface area is 189 Å². The summed E-state index contributed by atoms with van der Waals surface area (Å²) in [4.78, 5) is 18.8. The van der Waals surface area contributed by atoms with Gasteiger partial charge in [-0.1, -0.05) is 15.9 Å². The molecule has 150 valence electrons. The molecule has 0 radical (unpaired) electrons. The van der Waals surface area contributed by atoms with E-state index in [9.17, 15) is 9.90 Å². The van der Waals surface area contributed by atoms with Crippen molar-refractivity contribution in [3.63, 3.8) is 0 Å². The number of aromatic hydroxyl groups is 1. The van der Waals surface area contributed by atoms with Crippen molar-refractivity contribution in [1.29, 1.82) is 0 Å². The van der Waals surface area contributed by atoms with Gasteiger partial charge >= 0.3 is 0 Å². The summed E-state index contributed by atoms with van der Waals surface area (Å²) in [7, 11) is 0. The van der Waals surface area contributed by atoms with Crippen LogP contribution in [0.25, 0.3) is 0 Å². The van der Waals surface area contributed by atoms with Crippen LogP contribution in [0.1, 0.15) is 45.0 Å². The number of amides is 1. The lowest BCUT2D eigenvalue weighted by Gasteiger charge is -2.12. The van der Waals surface area contributed by atoms with Crippen molar-refractivity contribution < 1.29 is 14.3 Å². The first-order chi connectivity index (χ1) is 14.0. The quantitative estimate of drug-likeness (QED) is 0.384. The predicted molar refractivity (Wildman–Crippen MR) is 122 cm³/mol. The van der Waals surface area contributed by atoms with Gasteiger partial charge in [0.15, 0.2) is 0 Å². The molecule has 2 N–H and O–H groups in total. The number of fused-ring (bicyclic) bond motifs is 1. The summed E-state index contributed by atoms with van der Waals surface area (Å²) in [6.07, 6.45) is 7.26. The topological polar surface area (TPSA) is 74.8 Å². The van der Waals surface area contributed by atoms with Gasteiger partial charge in [-0.3, -0.25) is 4.79 Å². The Morgan fingerprint density at radius 2 is 2.14 bits per heavy atom. The van der Waals surface area contributed by atoms with Crippen molar-refractivity contribution in [2.75, 3.05) is 0 Å². The number of rotatable bonds is 5. The van der Waals surface area contributed by atoms with Crippen LogP contribution in [-0.4, -0.2) is 17.2 Å². The van der Waals surface area contributed by atoms with Gasteiger partial charge in [-0.05, 0) is 71.4 Å². The summed E-state index contributed by atoms with van der Waals surface area (Å²) in [5.41, 5.74) is 2.31. The minimum absolute atomic E-state index is 0.113. The van der Waals surface area contributed by atoms with Crippen molar-refractivity contribution in [3.8, 4) is 5.75 Å². The molecule has 0 fully saturated rings. The molecule has 0 aliphatic heterocycles. The van der Waals surface area contributed by atoms with Crippen LogP contribution in [0.5, 0.6) is 5.75 Å². The van der Waals surface area contributed by atoms with Crippen molar-refractivity contribution in [3.05, 3.63) is 66.8 Å². The third-order valence-electron chi connectivity index (χ3n) is 4.76. The molecule has 4 rings (SSSR count). The Balaban J connectivity index is 1.66. The van der Waals surface area contributed by atoms with E-state index in [2.05, 4.69) is 42.2 Å². The Bertz CT molecular complexity index is 1070. The van der Waals surface area contributed by atoms with Gasteiger partial charge in [-0.2, -0.15) is 0 Å². The largest absolute Gasteiger partial charge is 0.506 e. The van der Waals surface area contributed by atoms with Gasteiger partial charge in [0, 0.05) is 21.1 Å². The molecule has 0 saturated carbocycles. The van der Waals surface area contributed by atoms with Crippen molar-refractivity contribution >= 4 is 60.3 Å². The third kappa shape index (κ3) is 4.49. The number of benzene rings is 1. The second-order valence-electron chi connectivity index (χ2n) is 6.74. The maximum atomic E-state index is 13.0. The van der Waals surface area contributed by atoms with Gasteiger partial charge < -0.3 is 14.8 Å². The van der Waals surface area contributed by atoms with E-state index >= 15 is 0 Å². The first-order valence-corrected chi connectivity index (χ1v) is 11.6. The van der Waals surface area contributed by atoms with Gasteiger partial charge in [-0.25, -0.2) is 4.99 Å². The first kappa shape index (κ1) is 20.4. The smallest absolute Gasteiger partial charge is 0.255 e. The van der Waals surface area contributed by atoms with E-state index in [0.717, 1.165) is 35.7 Å². The molecule has 1 aromatic carbocycles. The zero-order valence-electron chi connectivity index (χ0n) is 15.4. The summed E-state index contributed by atoms with van der Waals surface area (Å²) in [6, 6.07) is 7.18. The van der Waals surface area contributed by atoms with Crippen LogP contribution in [0.4, 0.5) is 5.00 Å². The van der Waals surface area contributed by atoms with Crippen LogP contribution < -0.4 is 5.32 Å². The number of nitrogens with one attached hydrogen (secondary N) is 1. The number of halogens is 2. The summed E-state index contributed by atoms with van der Waals surface area (Å²) in [5, 5.41) is 13.9. The molecule has 0 saturated heterocycles. The van der Waals surface area contributed by atoms with Crippen LogP contribution in [0.15, 0.2) is 48.9 Å². The lowest BCUT2D eigenvalue weighted by molar-refractivity contribution is 0.0948. The van der Waals surface area contributed by atoms with E-state index < -0.39 is 0 Å². The Hall–Kier alpha value is -1.90. The molecular weight excluding hydrogens is 520 g/mol. The highest BCUT2D eigenvalue weighted by molar-refractivity contribution is 9.11. The van der Waals surface area contributed by atoms with E-state index in [0.29, 0.717) is 32.9 Å². The molecule has 3 aromatic rings. The van der Waals surface area contributed by atoms with Gasteiger partial charge in [-0.15, -0.1) is 11.3 Å². The summed E-state index contributed by atoms with van der Waals surface area (Å²) >= 11 is 8.32. The van der Waals surface area contributed by atoms with Gasteiger partial charge in [0.05, 0.1) is 22.8 Å². The molecule has 8 heteroatoms. The number of nitrogens with zero attached hydrogens (tertiary/aromatic N) is 1. The summed E-state index contributed by atoms with van der Waals surface area (Å²) in [5.74, 6) is 0.672. The minimum atomic E-state index is -0.146. The molecular formula is C21H18Br2N2O3S. The van der Waals surface area contributed by atoms with Crippen molar-refractivity contribution in [2.45, 2.75) is 32.2 Å². The van der Waals surface area contributed by atoms with Crippen LogP contribution in [0.2, 0.25) is 0 Å². The fourth-order valence-corrected chi connectivity index (χ4v) is 5.85. The maximum absolute atomic E-state index is 13.0. The second-order valence-corrected chi connectivity index (χ2v) is 9.59. The average molecular weight is 538 g/mol. The van der Waals surface area contributed by atoms with Crippen LogP contribution in [0, 0.1) is 0 Å². The lowest BCUT2D eigenvalue weighted by atomic mass is 9.95. The molecule has 1 aliphatic rings. The second kappa shape index (κ2) is 8.85. The highest BCUT2D eigenvalue weighted by atomic mass is 79.9. The molecule has 0 atom stereocenters. The molecule has 0 spiro atoms. The van der Waals surface area contributed by atoms with E-state index in [1.807, 2.05) is 6.07 Å². The predicted octanol–water partition coefficient (Wildman–Crippen LogP) is 6.13. The molecule has 2 aromatic heterocycles. The molecule has 2 heterocycles. The van der Waals surface area contributed by atoms with Crippen LogP contribution in [0.3, 0.4) is 0 Å². The molecule has 5 nitrogen and oxygen atoms in total. The highest BCUT2D eigenvalue weighted by Gasteiger charge is 2.25. The number of thiophene rings is 1. The van der Waals surface area contributed by atoms with E-state index in [-0.39, 0.29) is 11.7 Å². The van der Waals surface area contributed by atoms with Crippen molar-refractivity contribution in [1.82, 2.24) is 5.32 Å². The normalized spacial score (nSPS) is 13.6. The zero-order valence-corrected chi connectivity index (χ0v) is 19.4. The number of aliphatic imine (C=N–C) groups is 1. The van der Waals surface area contributed by atoms with E-state index in [4.69, 9.17) is 4.42 Å². The van der Waals surface area contributed by atoms with Crippen LogP contribution in [-0.2, 0) is 19.4 Å². The molecule has 0 bridgehead atoms. The number of carbonyl (C=O) groups is 1. The maximum Gasteiger partial charge on any atom is 0.255 e. The standard InChI is InChI=1S/C21H18Br2N2O3S/c22-13-8-12(19(26)16(23)9-13)10-25-21-18(15-5-1-2-6-17(15)29-21)20(27)24-11-14-4-3-7-28-14/h3-4,7-10,26H,1-2,5-6,11H2,(H,24,27). The fraction of sp³-hybridized carbons (Fsp3) is 0.238. The molecule has 29 heavy (non-hydrogen) atoms. The van der Waals surface area contributed by atoms with E-state index in [1.54, 1.807) is 42.0 Å². The van der Waals surface area contributed by atoms with E-state index in [1.165, 1.54) is 4.88 Å². The lowest BCUT2D eigenvalue weighted by Crippen LogP contribution is -2.23. The highest BCUT2D eigenvalue weighted by Crippen LogP contribution is 2.40. The Kier molecular flexibility index (Phi) is 6.22. The molecule has 1 amide bonds. The van der Waals surface area contributed by atoms with Gasteiger partial charge in [0.1, 0.15) is 16.5 Å². The SMILES string of the molecule is O=C(NCc1ccco1)c1c(N=Cc2cc(Br)cc(Br)c2O)sc2c1CCCC2. The number of hydrogen-bond acceptors (Lipinski definition) is 5. The van der Waals surface area contributed by atoms with Crippen molar-refractivity contribution in [2.24, 2.45) is 4.99 Å². The number of hydrogen-bond donors (Lipinski definition) is 2. The number of phenols is 1. The zero-order chi connectivity index (χ0) is 20.4. The summed E-state index contributed by atoms with van der Waals surface area (Å²) < 4.78 is 6.71. The van der Waals surface area contributed by atoms with Gasteiger partial charge in [0.2, 0.25) is 0 Å². The first-order valence-electron chi connectivity index (χ1n) is 9.20. The fourth-order valence-electron chi connectivity index (χ4n) is 3.36. The number of carbonyl (C=O) groups excluding carboxylic acids is 1. The summed E-state index contributed by atoms with van der Waals surface area (Å²) in [6.45, 7) is 0.332. The minimum Gasteiger partial charge on any atom is -0.506 e. The van der Waals surface area contributed by atoms with Gasteiger partial charge in [0.25, 0.3) is 5.91 Å². The Morgan fingerprint density at radius 3 is 2.93 bits per heavy atom. The van der Waals surface area contributed by atoms with Crippen LogP contribution >= 0.6 is 43.2 Å². The number of aryl methyl sites for hydroxylation is 1. The number of furan rings is 1. The molecule has 1 aliphatic carbocycles. The molecule has 0 unspecified atom stereocenters. The Morgan fingerprint density at radius 1 is 1.31 bits per heavy atom. The monoisotopic (exact) mass is 536 g/mol. The average Bonchev–Trinajstić information content (AvgIpc) is 3.35. The third-order valence-corrected chi connectivity index (χ3v) is 7.02.